The lowest BCUT2D eigenvalue weighted by molar-refractivity contribution is 0.317. The van der Waals surface area contributed by atoms with Crippen molar-refractivity contribution in [1.82, 2.24) is 0 Å². The predicted molar refractivity (Wildman–Crippen MR) is 71.3 cm³/mol. The molecule has 3 nitrogen and oxygen atoms in total. The molecule has 1 aromatic carbocycles. The van der Waals surface area contributed by atoms with Crippen LogP contribution in [-0.4, -0.2) is 6.61 Å². The Labute approximate surface area is 110 Å². The van der Waals surface area contributed by atoms with Crippen LogP contribution in [0, 0.1) is 6.92 Å². The molecule has 0 atom stereocenters. The molecule has 0 amide bonds. The Hall–Kier alpha value is -1.74. The van der Waals surface area contributed by atoms with Gasteiger partial charge in [-0.05, 0) is 38.1 Å². The summed E-state index contributed by atoms with van der Waals surface area (Å²) >= 11 is 5.82. The molecule has 0 radical (unpaired) electrons. The molecule has 0 unspecified atom stereocenters. The Morgan fingerprint density at radius 1 is 1.28 bits per heavy atom. The van der Waals surface area contributed by atoms with Gasteiger partial charge in [-0.25, -0.2) is 0 Å². The summed E-state index contributed by atoms with van der Waals surface area (Å²) in [4.78, 5) is 11.9. The highest BCUT2D eigenvalue weighted by Gasteiger charge is 2.10. The average molecular weight is 265 g/mol. The van der Waals surface area contributed by atoms with Gasteiger partial charge in [0.1, 0.15) is 11.5 Å². The van der Waals surface area contributed by atoms with Crippen molar-refractivity contribution in [2.24, 2.45) is 0 Å². The fourth-order valence-corrected chi connectivity index (χ4v) is 1.80. The molecule has 0 fully saturated rings. The lowest BCUT2D eigenvalue weighted by Gasteiger charge is -2.07. The molecule has 4 heteroatoms. The number of hydrogen-bond donors (Lipinski definition) is 0. The first-order valence-electron chi connectivity index (χ1n) is 5.65. The van der Waals surface area contributed by atoms with Crippen LogP contribution in [0.15, 0.2) is 39.5 Å². The van der Waals surface area contributed by atoms with Crippen LogP contribution in [0.2, 0.25) is 5.02 Å². The zero-order chi connectivity index (χ0) is 13.1. The first-order valence-corrected chi connectivity index (χ1v) is 6.03. The smallest absolute Gasteiger partial charge is 0.227 e. The lowest BCUT2D eigenvalue weighted by Crippen LogP contribution is -2.08. The number of ether oxygens (including phenoxy) is 1. The minimum absolute atomic E-state index is 0.175. The third-order valence-corrected chi connectivity index (χ3v) is 2.74. The van der Waals surface area contributed by atoms with Crippen molar-refractivity contribution in [2.75, 3.05) is 6.61 Å². The molecular weight excluding hydrogens is 252 g/mol. The van der Waals surface area contributed by atoms with Crippen molar-refractivity contribution in [3.8, 4) is 17.1 Å². The van der Waals surface area contributed by atoms with E-state index in [9.17, 15) is 4.79 Å². The third-order valence-electron chi connectivity index (χ3n) is 2.49. The van der Waals surface area contributed by atoms with Crippen molar-refractivity contribution in [3.05, 3.63) is 51.3 Å². The molecule has 94 valence electrons. The van der Waals surface area contributed by atoms with Crippen LogP contribution in [0.1, 0.15) is 12.7 Å². The van der Waals surface area contributed by atoms with Crippen molar-refractivity contribution >= 4 is 11.6 Å². The summed E-state index contributed by atoms with van der Waals surface area (Å²) in [7, 11) is 0. The van der Waals surface area contributed by atoms with E-state index in [1.807, 2.05) is 6.92 Å². The van der Waals surface area contributed by atoms with E-state index in [4.69, 9.17) is 20.8 Å². The molecule has 18 heavy (non-hydrogen) atoms. The van der Waals surface area contributed by atoms with Crippen LogP contribution in [0.4, 0.5) is 0 Å². The van der Waals surface area contributed by atoms with Crippen molar-refractivity contribution in [2.45, 2.75) is 13.8 Å². The van der Waals surface area contributed by atoms with E-state index in [1.165, 1.54) is 6.07 Å². The third kappa shape index (κ3) is 2.57. The molecular formula is C14H13ClO3. The van der Waals surface area contributed by atoms with Gasteiger partial charge in [0.05, 0.1) is 6.61 Å². The van der Waals surface area contributed by atoms with Crippen LogP contribution >= 0.6 is 11.6 Å². The van der Waals surface area contributed by atoms with E-state index in [-0.39, 0.29) is 11.2 Å². The Balaban J connectivity index is 2.48. The molecule has 0 aliphatic carbocycles. The van der Waals surface area contributed by atoms with Gasteiger partial charge in [0.2, 0.25) is 11.2 Å². The maximum absolute atomic E-state index is 11.9. The van der Waals surface area contributed by atoms with Gasteiger partial charge < -0.3 is 9.15 Å². The van der Waals surface area contributed by atoms with Gasteiger partial charge in [-0.3, -0.25) is 4.79 Å². The number of rotatable bonds is 3. The Bertz CT molecular complexity index is 599. The molecule has 2 rings (SSSR count). The van der Waals surface area contributed by atoms with Gasteiger partial charge in [0.25, 0.3) is 0 Å². The monoisotopic (exact) mass is 264 g/mol. The fraction of sp³-hybridized carbons (Fsp3) is 0.214. The second kappa shape index (κ2) is 5.27. The SMILES string of the molecule is CCOc1c(C)oc(-c2ccc(Cl)cc2)cc1=O. The van der Waals surface area contributed by atoms with Crippen LogP contribution in [0.25, 0.3) is 11.3 Å². The molecule has 0 aliphatic heterocycles. The zero-order valence-electron chi connectivity index (χ0n) is 10.2. The Kier molecular flexibility index (Phi) is 3.72. The predicted octanol–water partition coefficient (Wildman–Crippen LogP) is 3.67. The van der Waals surface area contributed by atoms with Crippen LogP contribution in [-0.2, 0) is 0 Å². The molecule has 1 aromatic heterocycles. The fourth-order valence-electron chi connectivity index (χ4n) is 1.67. The summed E-state index contributed by atoms with van der Waals surface area (Å²) in [5.74, 6) is 1.27. The maximum atomic E-state index is 11.9. The summed E-state index contributed by atoms with van der Waals surface area (Å²) in [6, 6.07) is 8.55. The molecule has 0 N–H and O–H groups in total. The standard InChI is InChI=1S/C14H13ClO3/c1-3-17-14-9(2)18-13(8-12(14)16)10-4-6-11(15)7-5-10/h4-8H,3H2,1-2H3. The van der Waals surface area contributed by atoms with Gasteiger partial charge >= 0.3 is 0 Å². The van der Waals surface area contributed by atoms with E-state index in [0.717, 1.165) is 5.56 Å². The van der Waals surface area contributed by atoms with Gasteiger partial charge in [-0.2, -0.15) is 0 Å². The average Bonchev–Trinajstić information content (AvgIpc) is 2.34. The highest BCUT2D eigenvalue weighted by Crippen LogP contribution is 2.24. The number of aryl methyl sites for hydroxylation is 1. The largest absolute Gasteiger partial charge is 0.487 e. The second-order valence-electron chi connectivity index (χ2n) is 3.80. The minimum atomic E-state index is -0.175. The van der Waals surface area contributed by atoms with Crippen LogP contribution in [0.3, 0.4) is 0 Å². The maximum Gasteiger partial charge on any atom is 0.227 e. The summed E-state index contributed by atoms with van der Waals surface area (Å²) in [6.45, 7) is 3.98. The Morgan fingerprint density at radius 2 is 1.94 bits per heavy atom. The Morgan fingerprint density at radius 3 is 2.50 bits per heavy atom. The first-order chi connectivity index (χ1) is 8.61. The van der Waals surface area contributed by atoms with Crippen molar-refractivity contribution in [3.63, 3.8) is 0 Å². The molecule has 1 heterocycles. The second-order valence-corrected chi connectivity index (χ2v) is 4.24. The molecule has 0 spiro atoms. The summed E-state index contributed by atoms with van der Waals surface area (Å²) < 4.78 is 10.8. The zero-order valence-corrected chi connectivity index (χ0v) is 11.0. The van der Waals surface area contributed by atoms with E-state index in [1.54, 1.807) is 31.2 Å². The van der Waals surface area contributed by atoms with E-state index >= 15 is 0 Å². The molecule has 0 bridgehead atoms. The van der Waals surface area contributed by atoms with E-state index < -0.39 is 0 Å². The topological polar surface area (TPSA) is 39.4 Å². The molecule has 0 saturated heterocycles. The number of benzene rings is 1. The van der Waals surface area contributed by atoms with E-state index in [0.29, 0.717) is 23.2 Å². The quantitative estimate of drug-likeness (QED) is 0.849. The molecule has 0 saturated carbocycles. The van der Waals surface area contributed by atoms with E-state index in [2.05, 4.69) is 0 Å². The molecule has 2 aromatic rings. The van der Waals surface area contributed by atoms with Crippen LogP contribution in [0.5, 0.6) is 5.75 Å². The highest BCUT2D eigenvalue weighted by atomic mass is 35.5. The number of halogens is 1. The highest BCUT2D eigenvalue weighted by molar-refractivity contribution is 6.30. The van der Waals surface area contributed by atoms with Gasteiger partial charge in [-0.1, -0.05) is 11.6 Å². The van der Waals surface area contributed by atoms with Gasteiger partial charge in [0, 0.05) is 16.7 Å². The summed E-state index contributed by atoms with van der Waals surface area (Å²) in [6.07, 6.45) is 0. The minimum Gasteiger partial charge on any atom is -0.487 e. The van der Waals surface area contributed by atoms with Crippen molar-refractivity contribution < 1.29 is 9.15 Å². The normalized spacial score (nSPS) is 10.4. The number of hydrogen-bond acceptors (Lipinski definition) is 3. The summed E-state index contributed by atoms with van der Waals surface area (Å²) in [5.41, 5.74) is 0.633. The van der Waals surface area contributed by atoms with Crippen LogP contribution < -0.4 is 10.2 Å². The summed E-state index contributed by atoms with van der Waals surface area (Å²) in [5, 5.41) is 0.642. The molecule has 0 aliphatic rings. The lowest BCUT2D eigenvalue weighted by atomic mass is 10.1. The first kappa shape index (κ1) is 12.7. The van der Waals surface area contributed by atoms with Gasteiger partial charge in [-0.15, -0.1) is 0 Å². The van der Waals surface area contributed by atoms with Gasteiger partial charge in [0.15, 0.2) is 0 Å². The van der Waals surface area contributed by atoms with Crippen molar-refractivity contribution in [1.29, 1.82) is 0 Å².